The van der Waals surface area contributed by atoms with E-state index in [-0.39, 0.29) is 0 Å². The molecule has 32 heavy (non-hydrogen) atoms. The number of rotatable bonds is 9. The van der Waals surface area contributed by atoms with E-state index in [0.717, 1.165) is 48.7 Å². The van der Waals surface area contributed by atoms with Gasteiger partial charge >= 0.3 is 0 Å². The van der Waals surface area contributed by atoms with Crippen molar-refractivity contribution in [2.24, 2.45) is 0 Å². The Balaban J connectivity index is 1.61. The van der Waals surface area contributed by atoms with E-state index in [2.05, 4.69) is 50.9 Å². The molecule has 1 aromatic carbocycles. The van der Waals surface area contributed by atoms with Gasteiger partial charge in [0.05, 0.1) is 24.4 Å². The molecule has 0 radical (unpaired) electrons. The summed E-state index contributed by atoms with van der Waals surface area (Å²) in [6.07, 6.45) is 2.58. The summed E-state index contributed by atoms with van der Waals surface area (Å²) in [6.45, 7) is 4.28. The van der Waals surface area contributed by atoms with Crippen LogP contribution in [0.15, 0.2) is 54.7 Å². The zero-order chi connectivity index (χ0) is 22.2. The van der Waals surface area contributed by atoms with Crippen molar-refractivity contribution < 1.29 is 4.74 Å². The highest BCUT2D eigenvalue weighted by molar-refractivity contribution is 5.66. The minimum atomic E-state index is 0.513. The molecule has 0 saturated carbocycles. The van der Waals surface area contributed by atoms with E-state index in [9.17, 15) is 5.26 Å². The lowest BCUT2D eigenvalue weighted by molar-refractivity contribution is 0.210. The number of nitrogens with one attached hydrogen (secondary N) is 2. The second kappa shape index (κ2) is 10.7. The van der Waals surface area contributed by atoms with Crippen molar-refractivity contribution in [2.45, 2.75) is 26.1 Å². The van der Waals surface area contributed by atoms with Crippen LogP contribution >= 0.6 is 0 Å². The van der Waals surface area contributed by atoms with Crippen molar-refractivity contribution in [3.05, 3.63) is 82.7 Å². The van der Waals surface area contributed by atoms with Crippen LogP contribution < -0.4 is 10.6 Å². The second-order valence-electron chi connectivity index (χ2n) is 7.79. The Morgan fingerprint density at radius 2 is 1.91 bits per heavy atom. The molecule has 0 saturated heterocycles. The van der Waals surface area contributed by atoms with Gasteiger partial charge in [-0.15, -0.1) is 0 Å². The lowest BCUT2D eigenvalue weighted by atomic mass is 9.95. The Bertz CT molecular complexity index is 1070. The Hall–Kier alpha value is -3.47. The SMILES string of the molecule is COCCNc1nc(NCc2ccccn2)c(C#N)c2c1CN(Cc1ccccc1)CC2. The third-order valence-electron chi connectivity index (χ3n) is 5.59. The van der Waals surface area contributed by atoms with E-state index in [4.69, 9.17) is 9.72 Å². The van der Waals surface area contributed by atoms with Gasteiger partial charge in [-0.2, -0.15) is 5.26 Å². The predicted molar refractivity (Wildman–Crippen MR) is 125 cm³/mol. The molecule has 3 aromatic rings. The van der Waals surface area contributed by atoms with Crippen LogP contribution in [0.4, 0.5) is 11.6 Å². The van der Waals surface area contributed by atoms with Gasteiger partial charge in [0.15, 0.2) is 0 Å². The summed E-state index contributed by atoms with van der Waals surface area (Å²) in [4.78, 5) is 11.6. The van der Waals surface area contributed by atoms with E-state index in [0.29, 0.717) is 31.1 Å². The van der Waals surface area contributed by atoms with Crippen LogP contribution in [0.1, 0.15) is 27.9 Å². The minimum absolute atomic E-state index is 0.513. The molecule has 0 bridgehead atoms. The number of hydrogen-bond acceptors (Lipinski definition) is 7. The highest BCUT2D eigenvalue weighted by Crippen LogP contribution is 2.32. The molecule has 0 unspecified atom stereocenters. The first-order valence-electron chi connectivity index (χ1n) is 10.9. The molecular formula is C25H28N6O. The molecule has 0 atom stereocenters. The van der Waals surface area contributed by atoms with Crippen molar-refractivity contribution >= 4 is 11.6 Å². The van der Waals surface area contributed by atoms with Gasteiger partial charge in [0.25, 0.3) is 0 Å². The molecule has 4 rings (SSSR count). The number of fused-ring (bicyclic) bond motifs is 1. The Kier molecular flexibility index (Phi) is 7.28. The van der Waals surface area contributed by atoms with Crippen LogP contribution in [0, 0.1) is 11.3 Å². The van der Waals surface area contributed by atoms with Gasteiger partial charge < -0.3 is 15.4 Å². The largest absolute Gasteiger partial charge is 0.383 e. The number of ether oxygens (including phenoxy) is 1. The highest BCUT2D eigenvalue weighted by atomic mass is 16.5. The fourth-order valence-corrected chi connectivity index (χ4v) is 4.01. The van der Waals surface area contributed by atoms with Gasteiger partial charge in [0, 0.05) is 45.0 Å². The minimum Gasteiger partial charge on any atom is -0.383 e. The molecule has 0 amide bonds. The summed E-state index contributed by atoms with van der Waals surface area (Å²) < 4.78 is 5.21. The Labute approximate surface area is 189 Å². The van der Waals surface area contributed by atoms with Gasteiger partial charge in [0.1, 0.15) is 17.7 Å². The maximum Gasteiger partial charge on any atom is 0.147 e. The fourth-order valence-electron chi connectivity index (χ4n) is 4.01. The fraction of sp³-hybridized carbons (Fsp3) is 0.320. The molecule has 2 aromatic heterocycles. The van der Waals surface area contributed by atoms with Gasteiger partial charge in [-0.05, 0) is 29.7 Å². The first-order chi connectivity index (χ1) is 15.8. The number of anilines is 2. The molecule has 0 fully saturated rings. The molecule has 3 heterocycles. The predicted octanol–water partition coefficient (Wildman–Crippen LogP) is 3.58. The number of nitrogens with zero attached hydrogens (tertiary/aromatic N) is 4. The number of pyridine rings is 2. The number of aromatic nitrogens is 2. The zero-order valence-electron chi connectivity index (χ0n) is 18.3. The molecule has 7 heteroatoms. The van der Waals surface area contributed by atoms with Crippen molar-refractivity contribution in [2.75, 3.05) is 37.4 Å². The summed E-state index contributed by atoms with van der Waals surface area (Å²) in [5.74, 6) is 1.42. The molecular weight excluding hydrogens is 400 g/mol. The zero-order valence-corrected chi connectivity index (χ0v) is 18.3. The first kappa shape index (κ1) is 21.8. The molecule has 1 aliphatic heterocycles. The standard InChI is InChI=1S/C25H28N6O/c1-32-14-12-28-25-23-18-31(17-19-7-3-2-4-8-19)13-10-21(23)22(15-26)24(30-25)29-16-20-9-5-6-11-27-20/h2-9,11H,10,12-14,16-18H2,1H3,(H2,28,29,30). The van der Waals surface area contributed by atoms with E-state index >= 15 is 0 Å². The molecule has 0 spiro atoms. The van der Waals surface area contributed by atoms with Crippen molar-refractivity contribution in [3.8, 4) is 6.07 Å². The van der Waals surface area contributed by atoms with Crippen molar-refractivity contribution in [1.82, 2.24) is 14.9 Å². The summed E-state index contributed by atoms with van der Waals surface area (Å²) in [7, 11) is 1.69. The summed E-state index contributed by atoms with van der Waals surface area (Å²) in [5, 5.41) is 16.7. The van der Waals surface area contributed by atoms with Gasteiger partial charge in [-0.3, -0.25) is 9.88 Å². The third kappa shape index (κ3) is 5.22. The maximum absolute atomic E-state index is 9.98. The van der Waals surface area contributed by atoms with Crippen LogP contribution in [0.25, 0.3) is 0 Å². The third-order valence-corrected chi connectivity index (χ3v) is 5.59. The number of nitriles is 1. The van der Waals surface area contributed by atoms with E-state index < -0.39 is 0 Å². The van der Waals surface area contributed by atoms with Crippen LogP contribution in [0.5, 0.6) is 0 Å². The number of methoxy groups -OCH3 is 1. The first-order valence-corrected chi connectivity index (χ1v) is 10.9. The quantitative estimate of drug-likeness (QED) is 0.504. The lowest BCUT2D eigenvalue weighted by Crippen LogP contribution is -2.32. The van der Waals surface area contributed by atoms with Crippen LogP contribution in [-0.2, 0) is 30.8 Å². The average molecular weight is 429 g/mol. The van der Waals surface area contributed by atoms with E-state index in [1.165, 1.54) is 5.56 Å². The highest BCUT2D eigenvalue weighted by Gasteiger charge is 2.25. The monoisotopic (exact) mass is 428 g/mol. The van der Waals surface area contributed by atoms with Crippen molar-refractivity contribution in [3.63, 3.8) is 0 Å². The average Bonchev–Trinajstić information content (AvgIpc) is 2.84. The molecule has 7 nitrogen and oxygen atoms in total. The van der Waals surface area contributed by atoms with E-state index in [1.54, 1.807) is 13.3 Å². The summed E-state index contributed by atoms with van der Waals surface area (Å²) >= 11 is 0. The van der Waals surface area contributed by atoms with E-state index in [1.807, 2.05) is 24.3 Å². The van der Waals surface area contributed by atoms with Gasteiger partial charge in [-0.1, -0.05) is 36.4 Å². The van der Waals surface area contributed by atoms with Gasteiger partial charge in [-0.25, -0.2) is 4.98 Å². The Morgan fingerprint density at radius 1 is 1.06 bits per heavy atom. The van der Waals surface area contributed by atoms with Crippen LogP contribution in [0.2, 0.25) is 0 Å². The molecule has 0 aliphatic carbocycles. The lowest BCUT2D eigenvalue weighted by Gasteiger charge is -2.31. The normalized spacial score (nSPS) is 13.2. The van der Waals surface area contributed by atoms with Crippen molar-refractivity contribution in [1.29, 1.82) is 5.26 Å². The Morgan fingerprint density at radius 3 is 2.66 bits per heavy atom. The topological polar surface area (TPSA) is 86.1 Å². The van der Waals surface area contributed by atoms with Crippen LogP contribution in [0.3, 0.4) is 0 Å². The summed E-state index contributed by atoms with van der Waals surface area (Å²) in [6, 6.07) is 18.7. The molecule has 2 N–H and O–H groups in total. The maximum atomic E-state index is 9.98. The summed E-state index contributed by atoms with van der Waals surface area (Å²) in [5.41, 5.74) is 5.00. The smallest absolute Gasteiger partial charge is 0.147 e. The van der Waals surface area contributed by atoms with Gasteiger partial charge in [0.2, 0.25) is 0 Å². The molecule has 164 valence electrons. The van der Waals surface area contributed by atoms with Crippen LogP contribution in [-0.4, -0.2) is 41.7 Å². The molecule has 1 aliphatic rings. The second-order valence-corrected chi connectivity index (χ2v) is 7.79. The number of benzene rings is 1. The number of hydrogen-bond donors (Lipinski definition) is 2.